The predicted molar refractivity (Wildman–Crippen MR) is 101 cm³/mol. The summed E-state index contributed by atoms with van der Waals surface area (Å²) in [5.41, 5.74) is 1.85. The number of halogens is 1. The van der Waals surface area contributed by atoms with E-state index in [0.29, 0.717) is 24.5 Å². The second-order valence-electron chi connectivity index (χ2n) is 6.08. The number of amides is 1. The Labute approximate surface area is 156 Å². The predicted octanol–water partition coefficient (Wildman–Crippen LogP) is 4.45. The Kier molecular flexibility index (Phi) is 6.10. The molecule has 0 spiro atoms. The third kappa shape index (κ3) is 4.41. The van der Waals surface area contributed by atoms with Gasteiger partial charge in [0.1, 0.15) is 12.4 Å². The van der Waals surface area contributed by atoms with E-state index in [0.717, 1.165) is 23.9 Å². The molecule has 4 nitrogen and oxygen atoms in total. The van der Waals surface area contributed by atoms with Gasteiger partial charge in [0.05, 0.1) is 12.6 Å². The summed E-state index contributed by atoms with van der Waals surface area (Å²) in [7, 11) is 1.64. The van der Waals surface area contributed by atoms with Crippen LogP contribution in [0, 0.1) is 0 Å². The molecule has 1 heterocycles. The zero-order valence-electron chi connectivity index (χ0n) is 14.3. The van der Waals surface area contributed by atoms with Crippen molar-refractivity contribution >= 4 is 21.8 Å². The molecule has 5 heteroatoms. The van der Waals surface area contributed by atoms with Crippen LogP contribution in [0.4, 0.5) is 0 Å². The smallest absolute Gasteiger partial charge is 0.254 e. The summed E-state index contributed by atoms with van der Waals surface area (Å²) >= 11 is 3.47. The molecule has 132 valence electrons. The Morgan fingerprint density at radius 3 is 2.76 bits per heavy atom. The molecular formula is C20H22BrNO3. The van der Waals surface area contributed by atoms with Crippen LogP contribution in [0.1, 0.15) is 34.8 Å². The number of likely N-dealkylation sites (tertiary alicyclic amines) is 1. The highest BCUT2D eigenvalue weighted by atomic mass is 79.9. The zero-order chi connectivity index (χ0) is 17.6. The third-order valence-electron chi connectivity index (χ3n) is 4.41. The van der Waals surface area contributed by atoms with Crippen molar-refractivity contribution < 1.29 is 14.3 Å². The van der Waals surface area contributed by atoms with Gasteiger partial charge in [0, 0.05) is 23.7 Å². The molecule has 3 rings (SSSR count). The molecule has 1 saturated heterocycles. The number of hydrogen-bond donors (Lipinski definition) is 0. The van der Waals surface area contributed by atoms with Crippen LogP contribution in [0.3, 0.4) is 0 Å². The number of nitrogens with zero attached hydrogens (tertiary/aromatic N) is 1. The quantitative estimate of drug-likeness (QED) is 0.668. The van der Waals surface area contributed by atoms with Gasteiger partial charge in [-0.05, 0) is 48.7 Å². The molecule has 0 saturated carbocycles. The molecule has 1 atom stereocenters. The second-order valence-corrected chi connectivity index (χ2v) is 6.99. The Hall–Kier alpha value is -1.85. The maximum atomic E-state index is 13.0. The van der Waals surface area contributed by atoms with Crippen molar-refractivity contribution in [2.24, 2.45) is 0 Å². The number of rotatable bonds is 6. The summed E-state index contributed by atoms with van der Waals surface area (Å²) in [5.74, 6) is 0.755. The van der Waals surface area contributed by atoms with E-state index in [9.17, 15) is 4.79 Å². The van der Waals surface area contributed by atoms with Gasteiger partial charge in [-0.3, -0.25) is 4.79 Å². The highest BCUT2D eigenvalue weighted by Gasteiger charge is 2.30. The molecule has 0 bridgehead atoms. The Morgan fingerprint density at radius 2 is 2.00 bits per heavy atom. The van der Waals surface area contributed by atoms with E-state index in [1.54, 1.807) is 7.11 Å². The van der Waals surface area contributed by atoms with Crippen LogP contribution >= 0.6 is 15.9 Å². The van der Waals surface area contributed by atoms with Crippen LogP contribution in [0.5, 0.6) is 5.75 Å². The molecule has 1 aliphatic heterocycles. The molecule has 25 heavy (non-hydrogen) atoms. The van der Waals surface area contributed by atoms with Gasteiger partial charge in [-0.2, -0.15) is 0 Å². The van der Waals surface area contributed by atoms with Gasteiger partial charge in [-0.25, -0.2) is 0 Å². The van der Waals surface area contributed by atoms with Crippen molar-refractivity contribution in [2.45, 2.75) is 18.9 Å². The maximum Gasteiger partial charge on any atom is 0.254 e. The first kappa shape index (κ1) is 18.0. The first-order chi connectivity index (χ1) is 12.2. The molecule has 1 aliphatic rings. The van der Waals surface area contributed by atoms with Crippen molar-refractivity contribution in [1.29, 1.82) is 0 Å². The van der Waals surface area contributed by atoms with Gasteiger partial charge in [0.25, 0.3) is 5.91 Å². The molecule has 0 aromatic heterocycles. The van der Waals surface area contributed by atoms with Crippen molar-refractivity contribution in [3.8, 4) is 5.75 Å². The van der Waals surface area contributed by atoms with Crippen molar-refractivity contribution in [2.75, 3.05) is 26.9 Å². The normalized spacial score (nSPS) is 16.9. The third-order valence-corrected chi connectivity index (χ3v) is 4.93. The van der Waals surface area contributed by atoms with Crippen LogP contribution in [-0.2, 0) is 4.74 Å². The van der Waals surface area contributed by atoms with Gasteiger partial charge >= 0.3 is 0 Å². The van der Waals surface area contributed by atoms with E-state index in [2.05, 4.69) is 28.1 Å². The molecule has 1 unspecified atom stereocenters. The van der Waals surface area contributed by atoms with Crippen molar-refractivity contribution in [3.05, 3.63) is 64.1 Å². The first-order valence-electron chi connectivity index (χ1n) is 8.47. The minimum Gasteiger partial charge on any atom is -0.491 e. The highest BCUT2D eigenvalue weighted by Crippen LogP contribution is 2.34. The van der Waals surface area contributed by atoms with Crippen LogP contribution in [0.25, 0.3) is 0 Å². The number of hydrogen-bond acceptors (Lipinski definition) is 3. The fourth-order valence-electron chi connectivity index (χ4n) is 3.17. The number of carbonyl (C=O) groups excluding carboxylic acids is 1. The lowest BCUT2D eigenvalue weighted by molar-refractivity contribution is 0.0735. The fraction of sp³-hybridized carbons (Fsp3) is 0.350. The van der Waals surface area contributed by atoms with Gasteiger partial charge in [0.15, 0.2) is 0 Å². The van der Waals surface area contributed by atoms with Crippen LogP contribution in [0.2, 0.25) is 0 Å². The summed E-state index contributed by atoms with van der Waals surface area (Å²) in [6.45, 7) is 1.78. The highest BCUT2D eigenvalue weighted by molar-refractivity contribution is 9.10. The summed E-state index contributed by atoms with van der Waals surface area (Å²) in [5, 5.41) is 0. The molecule has 0 radical (unpaired) electrons. The molecule has 0 aliphatic carbocycles. The Morgan fingerprint density at radius 1 is 1.20 bits per heavy atom. The SMILES string of the molecule is COCCOc1cccc(C(=O)N2CCCC2c2ccc(Br)cc2)c1. The van der Waals surface area contributed by atoms with Crippen molar-refractivity contribution in [3.63, 3.8) is 0 Å². The second kappa shape index (κ2) is 8.50. The standard InChI is InChI=1S/C20H22BrNO3/c1-24-12-13-25-18-5-2-4-16(14-18)20(23)22-11-3-6-19(22)15-7-9-17(21)10-8-15/h2,4-5,7-10,14,19H,3,6,11-13H2,1H3. The maximum absolute atomic E-state index is 13.0. The van der Waals surface area contributed by atoms with Gasteiger partial charge in [-0.1, -0.05) is 34.1 Å². The van der Waals surface area contributed by atoms with E-state index in [1.807, 2.05) is 41.3 Å². The van der Waals surface area contributed by atoms with Gasteiger partial charge < -0.3 is 14.4 Å². The van der Waals surface area contributed by atoms with Crippen LogP contribution in [0.15, 0.2) is 53.0 Å². The first-order valence-corrected chi connectivity index (χ1v) is 9.26. The topological polar surface area (TPSA) is 38.8 Å². The van der Waals surface area contributed by atoms with Gasteiger partial charge in [0.2, 0.25) is 0 Å². The van der Waals surface area contributed by atoms with E-state index in [-0.39, 0.29) is 11.9 Å². The minimum absolute atomic E-state index is 0.0580. The molecule has 0 N–H and O–H groups in total. The van der Waals surface area contributed by atoms with E-state index >= 15 is 0 Å². The monoisotopic (exact) mass is 403 g/mol. The van der Waals surface area contributed by atoms with E-state index in [1.165, 1.54) is 5.56 Å². The Bertz CT molecular complexity index is 717. The molecule has 2 aromatic carbocycles. The Balaban J connectivity index is 1.75. The number of carbonyl (C=O) groups is 1. The lowest BCUT2D eigenvalue weighted by atomic mass is 10.0. The number of benzene rings is 2. The number of ether oxygens (including phenoxy) is 2. The average Bonchev–Trinajstić information content (AvgIpc) is 3.12. The zero-order valence-corrected chi connectivity index (χ0v) is 15.9. The lowest BCUT2D eigenvalue weighted by Gasteiger charge is -2.25. The lowest BCUT2D eigenvalue weighted by Crippen LogP contribution is -2.30. The van der Waals surface area contributed by atoms with Crippen LogP contribution in [-0.4, -0.2) is 37.7 Å². The number of methoxy groups -OCH3 is 1. The van der Waals surface area contributed by atoms with Crippen LogP contribution < -0.4 is 4.74 Å². The molecule has 1 fully saturated rings. The summed E-state index contributed by atoms with van der Waals surface area (Å²) in [6.07, 6.45) is 2.02. The average molecular weight is 404 g/mol. The van der Waals surface area contributed by atoms with Gasteiger partial charge in [-0.15, -0.1) is 0 Å². The molecular weight excluding hydrogens is 382 g/mol. The molecule has 2 aromatic rings. The molecule has 1 amide bonds. The summed E-state index contributed by atoms with van der Waals surface area (Å²) in [6, 6.07) is 15.8. The van der Waals surface area contributed by atoms with Crippen molar-refractivity contribution in [1.82, 2.24) is 4.90 Å². The van der Waals surface area contributed by atoms with E-state index in [4.69, 9.17) is 9.47 Å². The minimum atomic E-state index is 0.0580. The summed E-state index contributed by atoms with van der Waals surface area (Å²) in [4.78, 5) is 15.0. The van der Waals surface area contributed by atoms with E-state index < -0.39 is 0 Å². The summed E-state index contributed by atoms with van der Waals surface area (Å²) < 4.78 is 11.7. The largest absolute Gasteiger partial charge is 0.491 e. The fourth-order valence-corrected chi connectivity index (χ4v) is 3.43.